The van der Waals surface area contributed by atoms with Crippen molar-refractivity contribution in [2.24, 2.45) is 5.92 Å². The van der Waals surface area contributed by atoms with Gasteiger partial charge in [-0.2, -0.15) is 0 Å². The maximum atomic E-state index is 12.0. The first-order chi connectivity index (χ1) is 7.75. The van der Waals surface area contributed by atoms with Crippen molar-refractivity contribution >= 4 is 28.9 Å². The van der Waals surface area contributed by atoms with E-state index in [1.54, 1.807) is 0 Å². The predicted molar refractivity (Wildman–Crippen MR) is 64.8 cm³/mol. The zero-order valence-corrected chi connectivity index (χ0v) is 9.55. The summed E-state index contributed by atoms with van der Waals surface area (Å²) in [5.74, 6) is 0.208. The molecule has 84 valence electrons. The van der Waals surface area contributed by atoms with Gasteiger partial charge in [0, 0.05) is 6.04 Å². The first kappa shape index (κ1) is 9.97. The SMILES string of the molecule is O=C1Nc2cccc(Cl)c2NC2CCCC12. The van der Waals surface area contributed by atoms with E-state index in [-0.39, 0.29) is 17.9 Å². The van der Waals surface area contributed by atoms with Crippen LogP contribution in [-0.4, -0.2) is 11.9 Å². The Morgan fingerprint density at radius 2 is 2.19 bits per heavy atom. The van der Waals surface area contributed by atoms with Crippen molar-refractivity contribution in [3.05, 3.63) is 23.2 Å². The summed E-state index contributed by atoms with van der Waals surface area (Å²) < 4.78 is 0. The highest BCUT2D eigenvalue weighted by atomic mass is 35.5. The molecule has 4 heteroatoms. The molecule has 1 saturated carbocycles. The molecule has 1 aromatic rings. The number of para-hydroxylation sites is 1. The van der Waals surface area contributed by atoms with Crippen LogP contribution in [0.5, 0.6) is 0 Å². The predicted octanol–water partition coefficient (Wildman–Crippen LogP) is 2.87. The Bertz CT molecular complexity index is 447. The van der Waals surface area contributed by atoms with E-state index in [0.29, 0.717) is 5.02 Å². The normalized spacial score (nSPS) is 27.4. The number of halogens is 1. The average molecular weight is 237 g/mol. The van der Waals surface area contributed by atoms with Gasteiger partial charge in [-0.05, 0) is 25.0 Å². The van der Waals surface area contributed by atoms with Gasteiger partial charge in [-0.25, -0.2) is 0 Å². The van der Waals surface area contributed by atoms with E-state index < -0.39 is 0 Å². The molecule has 0 bridgehead atoms. The molecule has 0 spiro atoms. The first-order valence-electron chi connectivity index (χ1n) is 5.61. The highest BCUT2D eigenvalue weighted by Crippen LogP contribution is 2.38. The molecule has 3 nitrogen and oxygen atoms in total. The van der Waals surface area contributed by atoms with Crippen LogP contribution < -0.4 is 10.6 Å². The van der Waals surface area contributed by atoms with E-state index in [2.05, 4.69) is 10.6 Å². The van der Waals surface area contributed by atoms with Crippen LogP contribution in [0.25, 0.3) is 0 Å². The molecule has 2 N–H and O–H groups in total. The Morgan fingerprint density at radius 3 is 3.06 bits per heavy atom. The van der Waals surface area contributed by atoms with E-state index in [4.69, 9.17) is 11.6 Å². The number of nitrogens with one attached hydrogen (secondary N) is 2. The fourth-order valence-electron chi connectivity index (χ4n) is 2.63. The molecule has 3 rings (SSSR count). The third kappa shape index (κ3) is 1.47. The van der Waals surface area contributed by atoms with Gasteiger partial charge < -0.3 is 10.6 Å². The van der Waals surface area contributed by atoms with E-state index in [1.807, 2.05) is 18.2 Å². The lowest BCUT2D eigenvalue weighted by Gasteiger charge is -2.17. The van der Waals surface area contributed by atoms with E-state index >= 15 is 0 Å². The summed E-state index contributed by atoms with van der Waals surface area (Å²) >= 11 is 6.14. The first-order valence-corrected chi connectivity index (χ1v) is 5.99. The lowest BCUT2D eigenvalue weighted by Crippen LogP contribution is -2.30. The second-order valence-corrected chi connectivity index (χ2v) is 4.85. The molecule has 2 aliphatic rings. The minimum atomic E-state index is 0.0865. The van der Waals surface area contributed by atoms with Crippen LogP contribution in [0.2, 0.25) is 5.02 Å². The second kappa shape index (κ2) is 3.67. The molecule has 2 atom stereocenters. The fourth-order valence-corrected chi connectivity index (χ4v) is 2.86. The highest BCUT2D eigenvalue weighted by Gasteiger charge is 2.36. The van der Waals surface area contributed by atoms with E-state index in [1.165, 1.54) is 0 Å². The Kier molecular flexibility index (Phi) is 2.28. The number of hydrogen-bond donors (Lipinski definition) is 2. The second-order valence-electron chi connectivity index (χ2n) is 4.44. The quantitative estimate of drug-likeness (QED) is 0.727. The van der Waals surface area contributed by atoms with E-state index in [0.717, 1.165) is 30.6 Å². The van der Waals surface area contributed by atoms with Crippen LogP contribution in [0.3, 0.4) is 0 Å². The van der Waals surface area contributed by atoms with Gasteiger partial charge in [-0.15, -0.1) is 0 Å². The largest absolute Gasteiger partial charge is 0.379 e. The molecular formula is C12H13ClN2O. The molecule has 1 fully saturated rings. The molecule has 0 saturated heterocycles. The van der Waals surface area contributed by atoms with Crippen molar-refractivity contribution in [3.63, 3.8) is 0 Å². The number of carbonyl (C=O) groups excluding carboxylic acids is 1. The topological polar surface area (TPSA) is 41.1 Å². The Hall–Kier alpha value is -1.22. The maximum absolute atomic E-state index is 12.0. The number of anilines is 2. The summed E-state index contributed by atoms with van der Waals surface area (Å²) in [5, 5.41) is 7.03. The van der Waals surface area contributed by atoms with Gasteiger partial charge in [0.1, 0.15) is 0 Å². The molecule has 0 aromatic heterocycles. The number of rotatable bonds is 0. The third-order valence-electron chi connectivity index (χ3n) is 3.45. The van der Waals surface area contributed by atoms with Gasteiger partial charge in [0.05, 0.1) is 22.3 Å². The smallest absolute Gasteiger partial charge is 0.229 e. The summed E-state index contributed by atoms with van der Waals surface area (Å²) in [5.41, 5.74) is 1.67. The van der Waals surface area contributed by atoms with Crippen molar-refractivity contribution < 1.29 is 4.79 Å². The molecule has 1 amide bonds. The lowest BCUT2D eigenvalue weighted by molar-refractivity contribution is -0.119. The Labute approximate surface area is 99.2 Å². The van der Waals surface area contributed by atoms with Crippen LogP contribution >= 0.6 is 11.6 Å². The fraction of sp³-hybridized carbons (Fsp3) is 0.417. The molecule has 1 aliphatic heterocycles. The van der Waals surface area contributed by atoms with Crippen LogP contribution in [-0.2, 0) is 4.79 Å². The van der Waals surface area contributed by atoms with Crippen LogP contribution in [0, 0.1) is 5.92 Å². The van der Waals surface area contributed by atoms with E-state index in [9.17, 15) is 4.79 Å². The molecule has 16 heavy (non-hydrogen) atoms. The standard InChI is InChI=1S/C12H13ClN2O/c13-8-4-2-6-10-11(8)14-9-5-1-3-7(9)12(16)15-10/h2,4,6-7,9,14H,1,3,5H2,(H,15,16). The number of carbonyl (C=O) groups is 1. The summed E-state index contributed by atoms with van der Waals surface area (Å²) in [6.07, 6.45) is 3.12. The van der Waals surface area contributed by atoms with Crippen LogP contribution in [0.1, 0.15) is 19.3 Å². The molecule has 1 heterocycles. The van der Waals surface area contributed by atoms with Crippen molar-refractivity contribution in [2.45, 2.75) is 25.3 Å². The number of fused-ring (bicyclic) bond motifs is 2. The summed E-state index contributed by atoms with van der Waals surface area (Å²) in [6, 6.07) is 5.81. The average Bonchev–Trinajstić information content (AvgIpc) is 2.66. The highest BCUT2D eigenvalue weighted by molar-refractivity contribution is 6.34. The molecular weight excluding hydrogens is 224 g/mol. The minimum absolute atomic E-state index is 0.0865. The number of hydrogen-bond acceptors (Lipinski definition) is 2. The van der Waals surface area contributed by atoms with Crippen molar-refractivity contribution in [1.82, 2.24) is 0 Å². The minimum Gasteiger partial charge on any atom is -0.379 e. The monoisotopic (exact) mass is 236 g/mol. The Morgan fingerprint density at radius 1 is 1.31 bits per heavy atom. The molecule has 1 aromatic carbocycles. The van der Waals surface area contributed by atoms with Gasteiger partial charge in [-0.1, -0.05) is 24.1 Å². The summed E-state index contributed by atoms with van der Waals surface area (Å²) in [6.45, 7) is 0. The van der Waals surface area contributed by atoms with Gasteiger partial charge in [0.15, 0.2) is 0 Å². The maximum Gasteiger partial charge on any atom is 0.229 e. The lowest BCUT2D eigenvalue weighted by atomic mass is 10.0. The van der Waals surface area contributed by atoms with Gasteiger partial charge in [0.2, 0.25) is 5.91 Å². The third-order valence-corrected chi connectivity index (χ3v) is 3.77. The van der Waals surface area contributed by atoms with Crippen molar-refractivity contribution in [2.75, 3.05) is 10.6 Å². The zero-order chi connectivity index (χ0) is 11.1. The van der Waals surface area contributed by atoms with Gasteiger partial charge in [-0.3, -0.25) is 4.79 Å². The molecule has 0 radical (unpaired) electrons. The summed E-state index contributed by atoms with van der Waals surface area (Å²) in [4.78, 5) is 12.0. The zero-order valence-electron chi connectivity index (χ0n) is 8.79. The van der Waals surface area contributed by atoms with Gasteiger partial charge in [0.25, 0.3) is 0 Å². The van der Waals surface area contributed by atoms with Crippen molar-refractivity contribution in [1.29, 1.82) is 0 Å². The number of benzene rings is 1. The van der Waals surface area contributed by atoms with Crippen LogP contribution in [0.15, 0.2) is 18.2 Å². The number of amides is 1. The van der Waals surface area contributed by atoms with Gasteiger partial charge >= 0.3 is 0 Å². The van der Waals surface area contributed by atoms with Crippen LogP contribution in [0.4, 0.5) is 11.4 Å². The summed E-state index contributed by atoms with van der Waals surface area (Å²) in [7, 11) is 0. The molecule has 1 aliphatic carbocycles. The Balaban J connectivity index is 2.05. The molecule has 2 unspecified atom stereocenters. The van der Waals surface area contributed by atoms with Crippen molar-refractivity contribution in [3.8, 4) is 0 Å².